The predicted octanol–water partition coefficient (Wildman–Crippen LogP) is 5.27. The third kappa shape index (κ3) is 4.20. The average molecular weight is 293 g/mol. The minimum atomic E-state index is 0.784. The van der Waals surface area contributed by atoms with Crippen LogP contribution in [0.3, 0.4) is 0 Å². The summed E-state index contributed by atoms with van der Waals surface area (Å²) in [7, 11) is 0. The van der Waals surface area contributed by atoms with Crippen LogP contribution in [0.4, 0.5) is 0 Å². The Balaban J connectivity index is 1.66. The Hall–Kier alpha value is -1.60. The van der Waals surface area contributed by atoms with E-state index in [0.29, 0.717) is 0 Å². The summed E-state index contributed by atoms with van der Waals surface area (Å²) in [6.07, 6.45) is 5.49. The smallest absolute Gasteiger partial charge is 0.0240 e. The van der Waals surface area contributed by atoms with Crippen molar-refractivity contribution in [3.63, 3.8) is 0 Å². The zero-order valence-corrected chi connectivity index (χ0v) is 13.6. The van der Waals surface area contributed by atoms with Gasteiger partial charge in [0.2, 0.25) is 0 Å². The van der Waals surface area contributed by atoms with Crippen LogP contribution in [-0.4, -0.2) is 10.9 Å². The zero-order valence-electron chi connectivity index (χ0n) is 13.6. The molecule has 2 aromatic carbocycles. The maximum Gasteiger partial charge on any atom is 0.0240 e. The molecule has 2 atom stereocenters. The first-order valence-electron chi connectivity index (χ1n) is 8.68. The van der Waals surface area contributed by atoms with Crippen LogP contribution in [0.5, 0.6) is 0 Å². The van der Waals surface area contributed by atoms with Gasteiger partial charge in [0.05, 0.1) is 0 Å². The van der Waals surface area contributed by atoms with E-state index in [2.05, 4.69) is 72.5 Å². The summed E-state index contributed by atoms with van der Waals surface area (Å²) in [5, 5.41) is 0. The molecule has 0 unspecified atom stereocenters. The van der Waals surface area contributed by atoms with Crippen molar-refractivity contribution in [2.45, 2.75) is 51.7 Å². The molecule has 0 saturated heterocycles. The lowest BCUT2D eigenvalue weighted by atomic mass is 10.1. The number of benzene rings is 2. The molecule has 1 aliphatic rings. The van der Waals surface area contributed by atoms with Crippen LogP contribution in [0.1, 0.15) is 43.7 Å². The summed E-state index contributed by atoms with van der Waals surface area (Å²) in [4.78, 5) is 2.69. The summed E-state index contributed by atoms with van der Waals surface area (Å²) in [5.41, 5.74) is 2.86. The van der Waals surface area contributed by atoms with Gasteiger partial charge in [0.15, 0.2) is 0 Å². The topological polar surface area (TPSA) is 3.24 Å². The molecule has 0 bridgehead atoms. The van der Waals surface area contributed by atoms with E-state index in [1.807, 2.05) is 0 Å². The molecule has 1 heteroatoms. The molecule has 2 aromatic rings. The lowest BCUT2D eigenvalue weighted by Gasteiger charge is -2.23. The highest BCUT2D eigenvalue weighted by Crippen LogP contribution is 2.41. The molecule has 0 heterocycles. The van der Waals surface area contributed by atoms with Crippen LogP contribution < -0.4 is 0 Å². The number of unbranched alkanes of at least 4 members (excludes halogenated alkanes) is 1. The van der Waals surface area contributed by atoms with E-state index in [1.54, 1.807) is 0 Å². The Morgan fingerprint density at radius 2 is 1.41 bits per heavy atom. The van der Waals surface area contributed by atoms with Gasteiger partial charge in [0, 0.05) is 19.1 Å². The number of nitrogens with zero attached hydrogens (tertiary/aromatic N) is 1. The molecule has 1 saturated carbocycles. The van der Waals surface area contributed by atoms with Gasteiger partial charge in [-0.1, -0.05) is 80.4 Å². The van der Waals surface area contributed by atoms with Crippen LogP contribution in [0.15, 0.2) is 60.7 Å². The summed E-state index contributed by atoms with van der Waals surface area (Å²) >= 11 is 0. The van der Waals surface area contributed by atoms with Gasteiger partial charge in [-0.25, -0.2) is 0 Å². The third-order valence-electron chi connectivity index (χ3n) is 4.74. The Morgan fingerprint density at radius 3 is 1.91 bits per heavy atom. The lowest BCUT2D eigenvalue weighted by Crippen LogP contribution is -2.26. The van der Waals surface area contributed by atoms with Crippen molar-refractivity contribution in [3.8, 4) is 0 Å². The number of hydrogen-bond donors (Lipinski definition) is 0. The molecule has 22 heavy (non-hydrogen) atoms. The van der Waals surface area contributed by atoms with E-state index in [-0.39, 0.29) is 0 Å². The summed E-state index contributed by atoms with van der Waals surface area (Å²) in [6, 6.07) is 22.6. The largest absolute Gasteiger partial charge is 0.292 e. The lowest BCUT2D eigenvalue weighted by molar-refractivity contribution is 0.231. The quantitative estimate of drug-likeness (QED) is 0.641. The van der Waals surface area contributed by atoms with Gasteiger partial charge < -0.3 is 0 Å². The van der Waals surface area contributed by atoms with Gasteiger partial charge in [-0.05, 0) is 29.9 Å². The van der Waals surface area contributed by atoms with Gasteiger partial charge in [-0.3, -0.25) is 4.90 Å². The highest BCUT2D eigenvalue weighted by atomic mass is 15.2. The predicted molar refractivity (Wildman–Crippen MR) is 93.6 cm³/mol. The van der Waals surface area contributed by atoms with Crippen LogP contribution in [0.2, 0.25) is 0 Å². The standard InChI is InChI=1S/C21H27N/c1-2-3-14-20-15-21(20)22(16-18-10-6-4-7-11-18)17-19-12-8-5-9-13-19/h4-13,20-21H,2-3,14-17H2,1H3/t20-,21-/m0/s1. The summed E-state index contributed by atoms with van der Waals surface area (Å²) in [6.45, 7) is 4.44. The van der Waals surface area contributed by atoms with Crippen molar-refractivity contribution in [3.05, 3.63) is 71.8 Å². The highest BCUT2D eigenvalue weighted by molar-refractivity contribution is 5.18. The summed E-state index contributed by atoms with van der Waals surface area (Å²) in [5.74, 6) is 0.923. The molecule has 1 fully saturated rings. The first kappa shape index (κ1) is 15.3. The van der Waals surface area contributed by atoms with Crippen molar-refractivity contribution < 1.29 is 0 Å². The maximum absolute atomic E-state index is 2.69. The minimum absolute atomic E-state index is 0.784. The molecular weight excluding hydrogens is 266 g/mol. The van der Waals surface area contributed by atoms with E-state index >= 15 is 0 Å². The van der Waals surface area contributed by atoms with Crippen molar-refractivity contribution >= 4 is 0 Å². The second kappa shape index (κ2) is 7.60. The number of rotatable bonds is 8. The molecule has 0 spiro atoms. The second-order valence-electron chi connectivity index (χ2n) is 6.58. The normalized spacial score (nSPS) is 20.3. The van der Waals surface area contributed by atoms with E-state index in [0.717, 1.165) is 25.0 Å². The Bertz CT molecular complexity index is 507. The molecule has 0 radical (unpaired) electrons. The molecule has 1 aliphatic carbocycles. The van der Waals surface area contributed by atoms with Crippen molar-refractivity contribution in [2.75, 3.05) is 0 Å². The molecule has 0 aromatic heterocycles. The second-order valence-corrected chi connectivity index (χ2v) is 6.58. The van der Waals surface area contributed by atoms with Gasteiger partial charge >= 0.3 is 0 Å². The fourth-order valence-electron chi connectivity index (χ4n) is 3.38. The van der Waals surface area contributed by atoms with Gasteiger partial charge in [-0.15, -0.1) is 0 Å². The van der Waals surface area contributed by atoms with Crippen LogP contribution in [0.25, 0.3) is 0 Å². The molecule has 0 aliphatic heterocycles. The van der Waals surface area contributed by atoms with Gasteiger partial charge in [0.25, 0.3) is 0 Å². The fraction of sp³-hybridized carbons (Fsp3) is 0.429. The third-order valence-corrected chi connectivity index (χ3v) is 4.74. The minimum Gasteiger partial charge on any atom is -0.292 e. The molecule has 3 rings (SSSR count). The molecular formula is C21H27N. The van der Waals surface area contributed by atoms with Crippen molar-refractivity contribution in [1.82, 2.24) is 4.90 Å². The molecule has 0 amide bonds. The Morgan fingerprint density at radius 1 is 0.864 bits per heavy atom. The average Bonchev–Trinajstić information content (AvgIpc) is 3.34. The van der Waals surface area contributed by atoms with Gasteiger partial charge in [-0.2, -0.15) is 0 Å². The van der Waals surface area contributed by atoms with Crippen molar-refractivity contribution in [2.24, 2.45) is 5.92 Å². The fourth-order valence-corrected chi connectivity index (χ4v) is 3.38. The molecule has 116 valence electrons. The molecule has 0 N–H and O–H groups in total. The van der Waals surface area contributed by atoms with Crippen LogP contribution >= 0.6 is 0 Å². The first-order chi connectivity index (χ1) is 10.9. The van der Waals surface area contributed by atoms with E-state index in [4.69, 9.17) is 0 Å². The Labute approximate surface area is 135 Å². The summed E-state index contributed by atoms with van der Waals surface area (Å²) < 4.78 is 0. The van der Waals surface area contributed by atoms with E-state index in [9.17, 15) is 0 Å². The van der Waals surface area contributed by atoms with E-state index in [1.165, 1.54) is 36.8 Å². The van der Waals surface area contributed by atoms with E-state index < -0.39 is 0 Å². The maximum atomic E-state index is 2.69. The zero-order chi connectivity index (χ0) is 15.2. The molecule has 1 nitrogen and oxygen atoms in total. The SMILES string of the molecule is CCCC[C@H]1C[C@@H]1N(Cc1ccccc1)Cc1ccccc1. The van der Waals surface area contributed by atoms with Crippen molar-refractivity contribution in [1.29, 1.82) is 0 Å². The number of hydrogen-bond acceptors (Lipinski definition) is 1. The monoisotopic (exact) mass is 293 g/mol. The van der Waals surface area contributed by atoms with Crippen LogP contribution in [-0.2, 0) is 13.1 Å². The van der Waals surface area contributed by atoms with Gasteiger partial charge in [0.1, 0.15) is 0 Å². The Kier molecular flexibility index (Phi) is 5.29. The van der Waals surface area contributed by atoms with Crippen LogP contribution in [0, 0.1) is 5.92 Å². The first-order valence-corrected chi connectivity index (χ1v) is 8.68. The highest BCUT2D eigenvalue weighted by Gasteiger charge is 2.40.